The van der Waals surface area contributed by atoms with Gasteiger partial charge in [-0.15, -0.1) is 0 Å². The number of anilines is 2. The maximum atomic E-state index is 13.4. The van der Waals surface area contributed by atoms with E-state index in [-0.39, 0.29) is 16.3 Å². The molecule has 0 atom stereocenters. The van der Waals surface area contributed by atoms with Gasteiger partial charge in [0.15, 0.2) is 0 Å². The van der Waals surface area contributed by atoms with Crippen molar-refractivity contribution in [1.29, 1.82) is 0 Å². The van der Waals surface area contributed by atoms with Gasteiger partial charge in [-0.05, 0) is 18.2 Å². The summed E-state index contributed by atoms with van der Waals surface area (Å²) < 4.78 is 13.4. The van der Waals surface area contributed by atoms with Crippen molar-refractivity contribution in [2.24, 2.45) is 0 Å². The van der Waals surface area contributed by atoms with Gasteiger partial charge in [-0.25, -0.2) is 4.39 Å². The molecule has 1 aromatic heterocycles. The first-order valence-electron chi connectivity index (χ1n) is 5.06. The number of benzene rings is 1. The maximum Gasteiger partial charge on any atom is 0.324 e. The molecule has 1 amide bonds. The summed E-state index contributed by atoms with van der Waals surface area (Å²) in [6.07, 6.45) is 0. The number of amides is 1. The van der Waals surface area contributed by atoms with Crippen LogP contribution in [-0.2, 0) is 0 Å². The number of halogens is 1. The first-order valence-corrected chi connectivity index (χ1v) is 5.94. The van der Waals surface area contributed by atoms with E-state index in [9.17, 15) is 19.3 Å². The molecule has 0 aliphatic carbocycles. The fourth-order valence-corrected chi connectivity index (χ4v) is 2.08. The molecule has 2 rings (SSSR count). The summed E-state index contributed by atoms with van der Waals surface area (Å²) in [5.41, 5.74) is 5.80. The lowest BCUT2D eigenvalue weighted by atomic mass is 10.2. The van der Waals surface area contributed by atoms with Crippen LogP contribution in [0.5, 0.6) is 0 Å². The lowest BCUT2D eigenvalue weighted by Crippen LogP contribution is -2.12. The Kier molecular flexibility index (Phi) is 3.43. The van der Waals surface area contributed by atoms with E-state index < -0.39 is 16.6 Å². The quantitative estimate of drug-likeness (QED) is 0.513. The average Bonchev–Trinajstić information content (AvgIpc) is 2.83. The standard InChI is InChI=1S/C11H8FN3O3S/c12-8-2-1-7(13)4-9(8)14-11(16)6-3-10(15(17)18)19-5-6/h1-5H,13H2,(H,14,16). The first-order chi connectivity index (χ1) is 8.97. The zero-order chi connectivity index (χ0) is 14.0. The summed E-state index contributed by atoms with van der Waals surface area (Å²) in [5, 5.41) is 14.0. The molecular formula is C11H8FN3O3S. The molecule has 19 heavy (non-hydrogen) atoms. The summed E-state index contributed by atoms with van der Waals surface area (Å²) in [4.78, 5) is 21.7. The average molecular weight is 281 g/mol. The Morgan fingerprint density at radius 2 is 2.16 bits per heavy atom. The largest absolute Gasteiger partial charge is 0.399 e. The zero-order valence-electron chi connectivity index (χ0n) is 9.42. The second-order valence-electron chi connectivity index (χ2n) is 3.62. The third kappa shape index (κ3) is 2.86. The number of nitrogen functional groups attached to an aromatic ring is 1. The highest BCUT2D eigenvalue weighted by atomic mass is 32.1. The smallest absolute Gasteiger partial charge is 0.324 e. The summed E-state index contributed by atoms with van der Waals surface area (Å²) in [5.74, 6) is -1.26. The fourth-order valence-electron chi connectivity index (χ4n) is 1.37. The van der Waals surface area contributed by atoms with Crippen molar-refractivity contribution in [3.63, 3.8) is 0 Å². The van der Waals surface area contributed by atoms with Crippen LogP contribution < -0.4 is 11.1 Å². The van der Waals surface area contributed by atoms with Crippen LogP contribution >= 0.6 is 11.3 Å². The van der Waals surface area contributed by atoms with Gasteiger partial charge in [0.2, 0.25) is 0 Å². The Morgan fingerprint density at radius 1 is 1.42 bits per heavy atom. The van der Waals surface area contributed by atoms with Gasteiger partial charge in [-0.2, -0.15) is 0 Å². The predicted octanol–water partition coefficient (Wildman–Crippen LogP) is 2.63. The van der Waals surface area contributed by atoms with Crippen molar-refractivity contribution in [1.82, 2.24) is 0 Å². The van der Waals surface area contributed by atoms with Crippen molar-refractivity contribution in [3.05, 3.63) is 51.1 Å². The van der Waals surface area contributed by atoms with Gasteiger partial charge in [0, 0.05) is 17.1 Å². The molecule has 0 aliphatic heterocycles. The number of rotatable bonds is 3. The molecule has 0 saturated carbocycles. The lowest BCUT2D eigenvalue weighted by molar-refractivity contribution is -0.380. The summed E-state index contributed by atoms with van der Waals surface area (Å²) in [6.45, 7) is 0. The predicted molar refractivity (Wildman–Crippen MR) is 69.7 cm³/mol. The molecule has 6 nitrogen and oxygen atoms in total. The highest BCUT2D eigenvalue weighted by Gasteiger charge is 2.16. The van der Waals surface area contributed by atoms with Crippen LogP contribution in [0, 0.1) is 15.9 Å². The Morgan fingerprint density at radius 3 is 2.79 bits per heavy atom. The maximum absolute atomic E-state index is 13.4. The molecule has 1 heterocycles. The number of nitro groups is 1. The first kappa shape index (κ1) is 13.0. The van der Waals surface area contributed by atoms with Gasteiger partial charge in [0.05, 0.1) is 16.2 Å². The summed E-state index contributed by atoms with van der Waals surface area (Å²) in [6, 6.07) is 4.89. The number of nitrogens with zero attached hydrogens (tertiary/aromatic N) is 1. The topological polar surface area (TPSA) is 98.3 Å². The molecule has 1 aromatic carbocycles. The molecule has 0 bridgehead atoms. The van der Waals surface area contributed by atoms with E-state index in [1.807, 2.05) is 0 Å². The molecule has 0 spiro atoms. The van der Waals surface area contributed by atoms with Crippen molar-refractivity contribution >= 4 is 33.6 Å². The molecule has 0 fully saturated rings. The molecular weight excluding hydrogens is 273 g/mol. The van der Waals surface area contributed by atoms with E-state index in [0.717, 1.165) is 23.5 Å². The second kappa shape index (κ2) is 5.02. The molecule has 8 heteroatoms. The van der Waals surface area contributed by atoms with E-state index in [2.05, 4.69) is 5.32 Å². The highest BCUT2D eigenvalue weighted by molar-refractivity contribution is 7.13. The van der Waals surface area contributed by atoms with Crippen LogP contribution in [0.25, 0.3) is 0 Å². The monoisotopic (exact) mass is 281 g/mol. The van der Waals surface area contributed by atoms with Gasteiger partial charge < -0.3 is 11.1 Å². The number of nitrogens with two attached hydrogens (primary N) is 1. The molecule has 3 N–H and O–H groups in total. The van der Waals surface area contributed by atoms with Gasteiger partial charge in [0.1, 0.15) is 5.82 Å². The van der Waals surface area contributed by atoms with Gasteiger partial charge in [0.25, 0.3) is 5.91 Å². The Labute approximate surface area is 110 Å². The molecule has 0 unspecified atom stereocenters. The second-order valence-corrected chi connectivity index (χ2v) is 4.51. The normalized spacial score (nSPS) is 10.2. The molecule has 98 valence electrons. The van der Waals surface area contributed by atoms with Crippen LogP contribution in [0.1, 0.15) is 10.4 Å². The van der Waals surface area contributed by atoms with Crippen molar-refractivity contribution in [3.8, 4) is 0 Å². The van der Waals surface area contributed by atoms with E-state index in [4.69, 9.17) is 5.73 Å². The van der Waals surface area contributed by atoms with E-state index in [1.165, 1.54) is 17.5 Å². The Hall–Kier alpha value is -2.48. The van der Waals surface area contributed by atoms with E-state index in [1.54, 1.807) is 0 Å². The zero-order valence-corrected chi connectivity index (χ0v) is 10.2. The molecule has 0 radical (unpaired) electrons. The third-order valence-electron chi connectivity index (χ3n) is 2.27. The van der Waals surface area contributed by atoms with Crippen molar-refractivity contribution < 1.29 is 14.1 Å². The minimum absolute atomic E-state index is 0.0705. The number of carbonyl (C=O) groups excluding carboxylic acids is 1. The lowest BCUT2D eigenvalue weighted by Gasteiger charge is -2.05. The summed E-state index contributed by atoms with van der Waals surface area (Å²) >= 11 is 0.826. The van der Waals surface area contributed by atoms with Crippen molar-refractivity contribution in [2.45, 2.75) is 0 Å². The minimum atomic E-state index is -0.632. The fraction of sp³-hybridized carbons (Fsp3) is 0. The van der Waals surface area contributed by atoms with Crippen LogP contribution in [0.2, 0.25) is 0 Å². The third-order valence-corrected chi connectivity index (χ3v) is 3.15. The van der Waals surface area contributed by atoms with Gasteiger partial charge in [-0.1, -0.05) is 11.3 Å². The molecule has 0 aliphatic rings. The number of carbonyl (C=O) groups is 1. The van der Waals surface area contributed by atoms with Crippen LogP contribution in [0.4, 0.5) is 20.8 Å². The minimum Gasteiger partial charge on any atom is -0.399 e. The van der Waals surface area contributed by atoms with Crippen LogP contribution in [-0.4, -0.2) is 10.8 Å². The van der Waals surface area contributed by atoms with Crippen LogP contribution in [0.15, 0.2) is 29.6 Å². The molecule has 2 aromatic rings. The summed E-state index contributed by atoms with van der Waals surface area (Å²) in [7, 11) is 0. The van der Waals surface area contributed by atoms with Crippen molar-refractivity contribution in [2.75, 3.05) is 11.1 Å². The Bertz CT molecular complexity index is 656. The van der Waals surface area contributed by atoms with Gasteiger partial charge >= 0.3 is 5.00 Å². The Balaban J connectivity index is 2.20. The number of hydrogen-bond acceptors (Lipinski definition) is 5. The van der Waals surface area contributed by atoms with Gasteiger partial charge in [-0.3, -0.25) is 14.9 Å². The van der Waals surface area contributed by atoms with E-state index in [0.29, 0.717) is 5.69 Å². The van der Waals surface area contributed by atoms with E-state index >= 15 is 0 Å². The molecule has 0 saturated heterocycles. The SMILES string of the molecule is Nc1ccc(F)c(NC(=O)c2csc([N+](=O)[O-])c2)c1. The van der Waals surface area contributed by atoms with Crippen LogP contribution in [0.3, 0.4) is 0 Å². The number of hydrogen-bond donors (Lipinski definition) is 2. The highest BCUT2D eigenvalue weighted by Crippen LogP contribution is 2.24. The number of nitrogens with one attached hydrogen (secondary N) is 1. The number of thiophene rings is 1.